The monoisotopic (exact) mass is 271 g/mol. The van der Waals surface area contributed by atoms with Crippen LogP contribution in [0, 0.1) is 12.7 Å². The van der Waals surface area contributed by atoms with Crippen LogP contribution >= 0.6 is 23.2 Å². The van der Waals surface area contributed by atoms with Crippen molar-refractivity contribution in [2.75, 3.05) is 0 Å². The number of benzene rings is 1. The highest BCUT2D eigenvalue weighted by atomic mass is 35.5. The summed E-state index contributed by atoms with van der Waals surface area (Å²) in [7, 11) is 0. The average molecular weight is 272 g/mol. The number of hydrogen-bond donors (Lipinski definition) is 0. The van der Waals surface area contributed by atoms with E-state index in [4.69, 9.17) is 27.9 Å². The van der Waals surface area contributed by atoms with Crippen LogP contribution in [-0.4, -0.2) is 4.98 Å². The van der Waals surface area contributed by atoms with E-state index in [1.807, 2.05) is 13.0 Å². The van der Waals surface area contributed by atoms with E-state index in [0.717, 1.165) is 11.6 Å². The van der Waals surface area contributed by atoms with E-state index >= 15 is 0 Å². The molecular formula is C12H8Cl2FNO. The highest BCUT2D eigenvalue weighted by Crippen LogP contribution is 2.30. The van der Waals surface area contributed by atoms with Gasteiger partial charge in [-0.25, -0.2) is 9.37 Å². The first-order valence-corrected chi connectivity index (χ1v) is 5.57. The smallest absolute Gasteiger partial charge is 0.256 e. The molecule has 0 fully saturated rings. The first kappa shape index (κ1) is 12.1. The molecule has 1 aromatic heterocycles. The maximum absolute atomic E-state index is 13.5. The molecule has 17 heavy (non-hydrogen) atoms. The van der Waals surface area contributed by atoms with E-state index < -0.39 is 5.82 Å². The van der Waals surface area contributed by atoms with Gasteiger partial charge >= 0.3 is 0 Å². The molecule has 0 spiro atoms. The predicted octanol–water partition coefficient (Wildman–Crippen LogP) is 4.63. The molecule has 0 bridgehead atoms. The van der Waals surface area contributed by atoms with Crippen molar-refractivity contribution in [2.24, 2.45) is 0 Å². The summed E-state index contributed by atoms with van der Waals surface area (Å²) in [6.45, 7) is 1.88. The number of ether oxygens (including phenoxy) is 1. The van der Waals surface area contributed by atoms with Crippen LogP contribution in [0.15, 0.2) is 30.5 Å². The average Bonchev–Trinajstić information content (AvgIpc) is 2.27. The van der Waals surface area contributed by atoms with Crippen molar-refractivity contribution in [2.45, 2.75) is 6.92 Å². The maximum atomic E-state index is 13.5. The molecule has 0 N–H and O–H groups in total. The van der Waals surface area contributed by atoms with Crippen LogP contribution in [0.3, 0.4) is 0 Å². The van der Waals surface area contributed by atoms with Crippen molar-refractivity contribution in [1.29, 1.82) is 0 Å². The van der Waals surface area contributed by atoms with E-state index in [2.05, 4.69) is 4.98 Å². The third-order valence-corrected chi connectivity index (χ3v) is 2.59. The fourth-order valence-electron chi connectivity index (χ4n) is 1.27. The zero-order valence-corrected chi connectivity index (χ0v) is 10.4. The topological polar surface area (TPSA) is 22.1 Å². The zero-order chi connectivity index (χ0) is 12.4. The Morgan fingerprint density at radius 1 is 1.24 bits per heavy atom. The maximum Gasteiger partial charge on any atom is 0.256 e. The van der Waals surface area contributed by atoms with Crippen LogP contribution in [0.5, 0.6) is 11.6 Å². The van der Waals surface area contributed by atoms with Gasteiger partial charge in [0.05, 0.1) is 10.0 Å². The van der Waals surface area contributed by atoms with E-state index in [0.29, 0.717) is 10.8 Å². The Bertz CT molecular complexity index is 560. The minimum atomic E-state index is -0.630. The van der Waals surface area contributed by atoms with E-state index in [9.17, 15) is 4.39 Å². The number of pyridine rings is 1. The fourth-order valence-corrected chi connectivity index (χ4v) is 1.57. The molecule has 0 aliphatic carbocycles. The molecule has 2 aromatic rings. The third-order valence-electron chi connectivity index (χ3n) is 2.07. The summed E-state index contributed by atoms with van der Waals surface area (Å²) in [6, 6.07) is 6.35. The molecule has 1 heterocycles. The molecule has 0 amide bonds. The standard InChI is InChI=1S/C12H8Cl2FNO/c1-7-2-3-9(14)11(4-7)17-12-10(15)5-8(13)6-16-12/h2-6H,1H3. The minimum absolute atomic E-state index is 0.151. The second kappa shape index (κ2) is 4.90. The predicted molar refractivity (Wildman–Crippen MR) is 65.5 cm³/mol. The lowest BCUT2D eigenvalue weighted by Crippen LogP contribution is -1.92. The van der Waals surface area contributed by atoms with Crippen LogP contribution in [-0.2, 0) is 0 Å². The molecule has 0 aliphatic rings. The highest BCUT2D eigenvalue weighted by Gasteiger charge is 2.09. The van der Waals surface area contributed by atoms with E-state index in [1.165, 1.54) is 6.20 Å². The van der Waals surface area contributed by atoms with Gasteiger partial charge in [0.15, 0.2) is 5.82 Å². The van der Waals surface area contributed by atoms with E-state index in [-0.39, 0.29) is 10.9 Å². The van der Waals surface area contributed by atoms with Gasteiger partial charge in [-0.2, -0.15) is 0 Å². The molecule has 2 nitrogen and oxygen atoms in total. The molecule has 0 aliphatic heterocycles. The fraction of sp³-hybridized carbons (Fsp3) is 0.0833. The number of aromatic nitrogens is 1. The Labute approximate surface area is 108 Å². The molecule has 0 unspecified atom stereocenters. The summed E-state index contributed by atoms with van der Waals surface area (Å²) in [5.74, 6) is -0.419. The molecule has 1 aromatic carbocycles. The number of nitrogens with zero attached hydrogens (tertiary/aromatic N) is 1. The number of rotatable bonds is 2. The lowest BCUT2D eigenvalue weighted by atomic mass is 10.2. The van der Waals surface area contributed by atoms with Crippen LogP contribution in [0.2, 0.25) is 10.0 Å². The summed E-state index contributed by atoms with van der Waals surface area (Å²) >= 11 is 11.5. The van der Waals surface area contributed by atoms with Gasteiger partial charge < -0.3 is 4.74 Å². The quantitative estimate of drug-likeness (QED) is 0.795. The van der Waals surface area contributed by atoms with Gasteiger partial charge in [-0.1, -0.05) is 29.3 Å². The molecule has 0 atom stereocenters. The van der Waals surface area contributed by atoms with Gasteiger partial charge in [-0.05, 0) is 30.7 Å². The van der Waals surface area contributed by atoms with Crippen molar-refractivity contribution in [1.82, 2.24) is 4.98 Å². The highest BCUT2D eigenvalue weighted by molar-refractivity contribution is 6.32. The van der Waals surface area contributed by atoms with Crippen LogP contribution < -0.4 is 4.74 Å². The van der Waals surface area contributed by atoms with Crippen molar-refractivity contribution < 1.29 is 9.13 Å². The van der Waals surface area contributed by atoms with Gasteiger partial charge in [0, 0.05) is 6.20 Å². The van der Waals surface area contributed by atoms with Gasteiger partial charge in [0.1, 0.15) is 5.75 Å². The van der Waals surface area contributed by atoms with Crippen molar-refractivity contribution in [3.63, 3.8) is 0 Å². The van der Waals surface area contributed by atoms with Crippen molar-refractivity contribution >= 4 is 23.2 Å². The van der Waals surface area contributed by atoms with Crippen LogP contribution in [0.1, 0.15) is 5.56 Å². The summed E-state index contributed by atoms with van der Waals surface area (Å²) < 4.78 is 18.8. The lowest BCUT2D eigenvalue weighted by molar-refractivity contribution is 0.423. The molecular weight excluding hydrogens is 264 g/mol. The van der Waals surface area contributed by atoms with Crippen LogP contribution in [0.4, 0.5) is 4.39 Å². The Kier molecular flexibility index (Phi) is 3.50. The number of aryl methyl sites for hydroxylation is 1. The molecule has 0 saturated heterocycles. The summed E-state index contributed by atoms with van der Waals surface area (Å²) in [4.78, 5) is 3.76. The second-order valence-corrected chi connectivity index (χ2v) is 4.32. The second-order valence-electron chi connectivity index (χ2n) is 3.48. The van der Waals surface area contributed by atoms with Gasteiger partial charge in [-0.3, -0.25) is 0 Å². The van der Waals surface area contributed by atoms with Gasteiger partial charge in [0.2, 0.25) is 0 Å². The Hall–Kier alpha value is -1.32. The first-order chi connectivity index (χ1) is 8.06. The van der Waals surface area contributed by atoms with E-state index in [1.54, 1.807) is 12.1 Å². The summed E-state index contributed by atoms with van der Waals surface area (Å²) in [5.41, 5.74) is 0.957. The Balaban J connectivity index is 2.34. The van der Waals surface area contributed by atoms with Gasteiger partial charge in [-0.15, -0.1) is 0 Å². The largest absolute Gasteiger partial charge is 0.435 e. The number of halogens is 3. The Morgan fingerprint density at radius 3 is 2.71 bits per heavy atom. The molecule has 2 rings (SSSR count). The molecule has 0 radical (unpaired) electrons. The molecule has 0 saturated carbocycles. The zero-order valence-electron chi connectivity index (χ0n) is 8.88. The first-order valence-electron chi connectivity index (χ1n) is 4.81. The normalized spacial score (nSPS) is 10.4. The third kappa shape index (κ3) is 2.87. The summed E-state index contributed by atoms with van der Waals surface area (Å²) in [6.07, 6.45) is 1.31. The van der Waals surface area contributed by atoms with Crippen LogP contribution in [0.25, 0.3) is 0 Å². The Morgan fingerprint density at radius 2 is 2.00 bits per heavy atom. The number of hydrogen-bond acceptors (Lipinski definition) is 2. The molecule has 5 heteroatoms. The van der Waals surface area contributed by atoms with Gasteiger partial charge in [0.25, 0.3) is 5.88 Å². The minimum Gasteiger partial charge on any atom is -0.435 e. The summed E-state index contributed by atoms with van der Waals surface area (Å²) in [5, 5.41) is 0.608. The SMILES string of the molecule is Cc1ccc(Cl)c(Oc2ncc(Cl)cc2F)c1. The van der Waals surface area contributed by atoms with Crippen molar-refractivity contribution in [3.8, 4) is 11.6 Å². The van der Waals surface area contributed by atoms with Crippen molar-refractivity contribution in [3.05, 3.63) is 51.9 Å². The molecule has 88 valence electrons. The lowest BCUT2D eigenvalue weighted by Gasteiger charge is -2.08.